The van der Waals surface area contributed by atoms with E-state index in [2.05, 4.69) is 15.6 Å². The maximum atomic E-state index is 11.1. The SMILES string of the molecule is CCCNC(=O)NCCc1coc(C)n1. The van der Waals surface area contributed by atoms with Gasteiger partial charge in [-0.1, -0.05) is 6.92 Å². The van der Waals surface area contributed by atoms with E-state index >= 15 is 0 Å². The van der Waals surface area contributed by atoms with E-state index in [-0.39, 0.29) is 6.03 Å². The summed E-state index contributed by atoms with van der Waals surface area (Å²) in [5, 5.41) is 5.47. The van der Waals surface area contributed by atoms with Crippen molar-refractivity contribution in [3.05, 3.63) is 17.8 Å². The molecule has 0 radical (unpaired) electrons. The zero-order valence-electron chi connectivity index (χ0n) is 9.17. The topological polar surface area (TPSA) is 67.2 Å². The van der Waals surface area contributed by atoms with Crippen molar-refractivity contribution in [2.45, 2.75) is 26.7 Å². The Balaban J connectivity index is 2.13. The van der Waals surface area contributed by atoms with Crippen LogP contribution in [0.3, 0.4) is 0 Å². The maximum absolute atomic E-state index is 11.1. The molecule has 5 heteroatoms. The van der Waals surface area contributed by atoms with E-state index in [4.69, 9.17) is 4.42 Å². The molecule has 0 bridgehead atoms. The normalized spacial score (nSPS) is 10.0. The minimum Gasteiger partial charge on any atom is -0.449 e. The molecule has 0 aromatic carbocycles. The van der Waals surface area contributed by atoms with Gasteiger partial charge in [-0.2, -0.15) is 0 Å². The van der Waals surface area contributed by atoms with Gasteiger partial charge in [0.15, 0.2) is 5.89 Å². The van der Waals surface area contributed by atoms with Gasteiger partial charge in [0.05, 0.1) is 5.69 Å². The van der Waals surface area contributed by atoms with Gasteiger partial charge in [-0.25, -0.2) is 9.78 Å². The van der Waals surface area contributed by atoms with Crippen molar-refractivity contribution in [3.63, 3.8) is 0 Å². The summed E-state index contributed by atoms with van der Waals surface area (Å²) in [6.07, 6.45) is 3.24. The predicted molar refractivity (Wildman–Crippen MR) is 56.6 cm³/mol. The van der Waals surface area contributed by atoms with Gasteiger partial charge in [-0.05, 0) is 6.42 Å². The Labute approximate surface area is 89.3 Å². The van der Waals surface area contributed by atoms with Crippen LogP contribution in [-0.4, -0.2) is 24.1 Å². The van der Waals surface area contributed by atoms with E-state index in [0.717, 1.165) is 12.1 Å². The molecule has 0 aliphatic carbocycles. The molecule has 15 heavy (non-hydrogen) atoms. The van der Waals surface area contributed by atoms with Crippen LogP contribution < -0.4 is 10.6 Å². The van der Waals surface area contributed by atoms with Gasteiger partial charge in [-0.15, -0.1) is 0 Å². The number of nitrogens with one attached hydrogen (secondary N) is 2. The summed E-state index contributed by atoms with van der Waals surface area (Å²) >= 11 is 0. The number of hydrogen-bond acceptors (Lipinski definition) is 3. The summed E-state index contributed by atoms with van der Waals surface area (Å²) in [6, 6.07) is -0.128. The van der Waals surface area contributed by atoms with Gasteiger partial charge in [0.25, 0.3) is 0 Å². The summed E-state index contributed by atoms with van der Waals surface area (Å²) in [5.41, 5.74) is 0.864. The van der Waals surface area contributed by atoms with E-state index in [1.54, 1.807) is 13.2 Å². The van der Waals surface area contributed by atoms with Gasteiger partial charge in [0.1, 0.15) is 6.26 Å². The molecule has 1 heterocycles. The second-order valence-electron chi connectivity index (χ2n) is 3.29. The summed E-state index contributed by atoms with van der Waals surface area (Å²) in [4.78, 5) is 15.3. The third kappa shape index (κ3) is 4.49. The van der Waals surface area contributed by atoms with E-state index in [1.165, 1.54) is 0 Å². The number of carbonyl (C=O) groups is 1. The van der Waals surface area contributed by atoms with Crippen molar-refractivity contribution in [1.29, 1.82) is 0 Å². The first-order valence-corrected chi connectivity index (χ1v) is 5.15. The third-order valence-corrected chi connectivity index (χ3v) is 1.87. The van der Waals surface area contributed by atoms with Crippen LogP contribution in [0.1, 0.15) is 24.9 Å². The Morgan fingerprint density at radius 1 is 1.47 bits per heavy atom. The fourth-order valence-corrected chi connectivity index (χ4v) is 1.13. The average molecular weight is 211 g/mol. The quantitative estimate of drug-likeness (QED) is 0.769. The monoisotopic (exact) mass is 211 g/mol. The second kappa shape index (κ2) is 6.06. The lowest BCUT2D eigenvalue weighted by molar-refractivity contribution is 0.241. The molecule has 1 aromatic rings. The Kier molecular flexibility index (Phi) is 4.66. The summed E-state index contributed by atoms with van der Waals surface area (Å²) in [5.74, 6) is 0.653. The maximum Gasteiger partial charge on any atom is 0.314 e. The largest absolute Gasteiger partial charge is 0.449 e. The summed E-state index contributed by atoms with van der Waals surface area (Å²) in [6.45, 7) is 5.08. The lowest BCUT2D eigenvalue weighted by Crippen LogP contribution is -2.36. The number of oxazole rings is 1. The Bertz CT molecular complexity index is 309. The molecule has 0 saturated carbocycles. The van der Waals surface area contributed by atoms with Crippen molar-refractivity contribution in [1.82, 2.24) is 15.6 Å². The number of hydrogen-bond donors (Lipinski definition) is 2. The highest BCUT2D eigenvalue weighted by Gasteiger charge is 2.01. The second-order valence-corrected chi connectivity index (χ2v) is 3.29. The number of rotatable bonds is 5. The Morgan fingerprint density at radius 2 is 2.20 bits per heavy atom. The van der Waals surface area contributed by atoms with Crippen molar-refractivity contribution in [3.8, 4) is 0 Å². The zero-order chi connectivity index (χ0) is 11.1. The number of aryl methyl sites for hydroxylation is 1. The minimum atomic E-state index is -0.128. The molecule has 1 aromatic heterocycles. The predicted octanol–water partition coefficient (Wildman–Crippen LogP) is 1.23. The first-order chi connectivity index (χ1) is 7.22. The molecule has 0 aliphatic rings. The molecule has 2 amide bonds. The zero-order valence-corrected chi connectivity index (χ0v) is 9.17. The van der Waals surface area contributed by atoms with Gasteiger partial charge in [-0.3, -0.25) is 0 Å². The Hall–Kier alpha value is -1.52. The standard InChI is InChI=1S/C10H17N3O2/c1-3-5-11-10(14)12-6-4-9-7-15-8(2)13-9/h7H,3-6H2,1-2H3,(H2,11,12,14). The number of amides is 2. The van der Waals surface area contributed by atoms with E-state index in [0.29, 0.717) is 25.4 Å². The molecule has 0 unspecified atom stereocenters. The lowest BCUT2D eigenvalue weighted by Gasteiger charge is -2.04. The van der Waals surface area contributed by atoms with Crippen LogP contribution in [0.25, 0.3) is 0 Å². The number of carbonyl (C=O) groups excluding carboxylic acids is 1. The fraction of sp³-hybridized carbons (Fsp3) is 0.600. The van der Waals surface area contributed by atoms with E-state index in [1.807, 2.05) is 6.92 Å². The molecule has 5 nitrogen and oxygen atoms in total. The molecule has 0 spiro atoms. The Morgan fingerprint density at radius 3 is 2.80 bits per heavy atom. The number of urea groups is 1. The first-order valence-electron chi connectivity index (χ1n) is 5.15. The molecule has 0 saturated heterocycles. The van der Waals surface area contributed by atoms with E-state index in [9.17, 15) is 4.79 Å². The molecule has 0 atom stereocenters. The highest BCUT2D eigenvalue weighted by molar-refractivity contribution is 5.73. The van der Waals surface area contributed by atoms with Gasteiger partial charge in [0, 0.05) is 26.4 Å². The van der Waals surface area contributed by atoms with Gasteiger partial charge >= 0.3 is 6.03 Å². The summed E-state index contributed by atoms with van der Waals surface area (Å²) in [7, 11) is 0. The van der Waals surface area contributed by atoms with Crippen LogP contribution in [0.2, 0.25) is 0 Å². The van der Waals surface area contributed by atoms with Crippen molar-refractivity contribution in [2.75, 3.05) is 13.1 Å². The molecule has 2 N–H and O–H groups in total. The highest BCUT2D eigenvalue weighted by Crippen LogP contribution is 1.99. The smallest absolute Gasteiger partial charge is 0.314 e. The number of nitrogens with zero attached hydrogens (tertiary/aromatic N) is 1. The molecule has 84 valence electrons. The van der Waals surface area contributed by atoms with E-state index < -0.39 is 0 Å². The van der Waals surface area contributed by atoms with Crippen LogP contribution >= 0.6 is 0 Å². The van der Waals surface area contributed by atoms with Crippen LogP contribution in [0.4, 0.5) is 4.79 Å². The van der Waals surface area contributed by atoms with Crippen molar-refractivity contribution in [2.24, 2.45) is 0 Å². The first kappa shape index (κ1) is 11.6. The summed E-state index contributed by atoms with van der Waals surface area (Å²) < 4.78 is 5.05. The molecular formula is C10H17N3O2. The molecule has 0 aliphatic heterocycles. The highest BCUT2D eigenvalue weighted by atomic mass is 16.3. The van der Waals surface area contributed by atoms with Crippen molar-refractivity contribution < 1.29 is 9.21 Å². The minimum absolute atomic E-state index is 0.128. The average Bonchev–Trinajstić information content (AvgIpc) is 2.61. The lowest BCUT2D eigenvalue weighted by atomic mass is 10.3. The van der Waals surface area contributed by atoms with Crippen molar-refractivity contribution >= 4 is 6.03 Å². The third-order valence-electron chi connectivity index (χ3n) is 1.87. The van der Waals surface area contributed by atoms with Crippen LogP contribution in [-0.2, 0) is 6.42 Å². The van der Waals surface area contributed by atoms with Gasteiger partial charge in [0.2, 0.25) is 0 Å². The molecule has 0 fully saturated rings. The molecule has 1 rings (SSSR count). The van der Waals surface area contributed by atoms with Gasteiger partial charge < -0.3 is 15.1 Å². The number of aromatic nitrogens is 1. The van der Waals surface area contributed by atoms with Crippen LogP contribution in [0.5, 0.6) is 0 Å². The fourth-order valence-electron chi connectivity index (χ4n) is 1.13. The van der Waals surface area contributed by atoms with Crippen LogP contribution in [0, 0.1) is 6.92 Å². The van der Waals surface area contributed by atoms with Crippen LogP contribution in [0.15, 0.2) is 10.7 Å². The molecular weight excluding hydrogens is 194 g/mol.